The third kappa shape index (κ3) is 3.03. The second-order valence-electron chi connectivity index (χ2n) is 7.03. The van der Waals surface area contributed by atoms with Gasteiger partial charge in [0.15, 0.2) is 0 Å². The summed E-state index contributed by atoms with van der Waals surface area (Å²) in [4.78, 5) is 33.5. The Hall–Kier alpha value is -1.95. The number of carbonyl (C=O) groups is 2. The average Bonchev–Trinajstić information content (AvgIpc) is 3.11. The van der Waals surface area contributed by atoms with Gasteiger partial charge in [-0.25, -0.2) is 4.98 Å². The van der Waals surface area contributed by atoms with E-state index >= 15 is 0 Å². The first-order valence-corrected chi connectivity index (χ1v) is 9.97. The highest BCUT2D eigenvalue weighted by Crippen LogP contribution is 2.32. The number of hydrogen-bond acceptors (Lipinski definition) is 4. The van der Waals surface area contributed by atoms with Crippen LogP contribution < -0.4 is 0 Å². The number of fused-ring (bicyclic) bond motifs is 2. The zero-order valence-corrected chi connectivity index (χ0v) is 15.3. The van der Waals surface area contributed by atoms with Crippen molar-refractivity contribution in [3.8, 4) is 0 Å². The Morgan fingerprint density at radius 2 is 2.24 bits per heavy atom. The van der Waals surface area contributed by atoms with Gasteiger partial charge in [-0.3, -0.25) is 9.59 Å². The van der Waals surface area contributed by atoms with Gasteiger partial charge in [0.2, 0.25) is 5.91 Å². The van der Waals surface area contributed by atoms with E-state index in [2.05, 4.69) is 16.8 Å². The number of piperidine rings is 2. The molecule has 2 amide bonds. The lowest BCUT2D eigenvalue weighted by Gasteiger charge is -2.47. The van der Waals surface area contributed by atoms with Gasteiger partial charge >= 0.3 is 0 Å². The van der Waals surface area contributed by atoms with E-state index in [4.69, 9.17) is 0 Å². The van der Waals surface area contributed by atoms with Crippen LogP contribution >= 0.6 is 11.3 Å². The minimum Gasteiger partial charge on any atom is -0.339 e. The highest BCUT2D eigenvalue weighted by atomic mass is 32.1. The molecule has 0 radical (unpaired) electrons. The number of nitrogens with zero attached hydrogens (tertiary/aromatic N) is 3. The van der Waals surface area contributed by atoms with Crippen LogP contribution in [-0.2, 0) is 4.79 Å². The minimum atomic E-state index is 0.0901. The van der Waals surface area contributed by atoms with Crippen LogP contribution in [0.3, 0.4) is 0 Å². The van der Waals surface area contributed by atoms with Gasteiger partial charge in [0.05, 0.1) is 15.7 Å². The van der Waals surface area contributed by atoms with E-state index in [1.807, 2.05) is 28.6 Å². The van der Waals surface area contributed by atoms with Crippen molar-refractivity contribution < 1.29 is 9.59 Å². The summed E-state index contributed by atoms with van der Waals surface area (Å²) in [7, 11) is 0. The molecule has 1 aromatic heterocycles. The van der Waals surface area contributed by atoms with E-state index in [1.54, 1.807) is 11.3 Å². The lowest BCUT2D eigenvalue weighted by molar-refractivity contribution is -0.140. The first kappa shape index (κ1) is 16.5. The van der Waals surface area contributed by atoms with Crippen molar-refractivity contribution in [2.45, 2.75) is 38.6 Å². The summed E-state index contributed by atoms with van der Waals surface area (Å²) < 4.78 is 1.11. The Labute approximate surface area is 151 Å². The van der Waals surface area contributed by atoms with Crippen molar-refractivity contribution in [3.05, 3.63) is 29.3 Å². The Balaban J connectivity index is 1.49. The fraction of sp³-hybridized carbons (Fsp3) is 0.526. The molecule has 2 atom stereocenters. The smallest absolute Gasteiger partial charge is 0.253 e. The molecule has 1 aromatic carbocycles. The van der Waals surface area contributed by atoms with Crippen molar-refractivity contribution in [3.63, 3.8) is 0 Å². The first-order chi connectivity index (χ1) is 12.2. The lowest BCUT2D eigenvalue weighted by Crippen LogP contribution is -2.57. The van der Waals surface area contributed by atoms with Crippen molar-refractivity contribution in [2.75, 3.05) is 19.6 Å². The van der Waals surface area contributed by atoms with E-state index < -0.39 is 0 Å². The molecule has 0 saturated carbocycles. The number of thiazole rings is 1. The average molecular weight is 357 g/mol. The van der Waals surface area contributed by atoms with E-state index in [0.29, 0.717) is 23.9 Å². The number of rotatable bonds is 3. The van der Waals surface area contributed by atoms with E-state index in [9.17, 15) is 9.59 Å². The normalized spacial score (nSPS) is 23.8. The van der Waals surface area contributed by atoms with Crippen molar-refractivity contribution in [2.24, 2.45) is 5.92 Å². The van der Waals surface area contributed by atoms with Crippen LogP contribution in [0.25, 0.3) is 10.2 Å². The molecule has 2 aliphatic heterocycles. The van der Waals surface area contributed by atoms with Crippen LogP contribution in [0.4, 0.5) is 0 Å². The zero-order chi connectivity index (χ0) is 17.4. The molecule has 3 heterocycles. The third-order valence-electron chi connectivity index (χ3n) is 5.47. The summed E-state index contributed by atoms with van der Waals surface area (Å²) in [6.07, 6.45) is 3.40. The zero-order valence-electron chi connectivity index (χ0n) is 14.5. The molecule has 0 aliphatic carbocycles. The number of benzene rings is 1. The highest BCUT2D eigenvalue weighted by Gasteiger charge is 2.40. The minimum absolute atomic E-state index is 0.0901. The molecule has 132 valence electrons. The predicted octanol–water partition coefficient (Wildman–Crippen LogP) is 3.16. The highest BCUT2D eigenvalue weighted by molar-refractivity contribution is 7.16. The predicted molar refractivity (Wildman–Crippen MR) is 98.7 cm³/mol. The summed E-state index contributed by atoms with van der Waals surface area (Å²) in [5.74, 6) is 0.786. The van der Waals surface area contributed by atoms with Gasteiger partial charge < -0.3 is 9.80 Å². The van der Waals surface area contributed by atoms with Gasteiger partial charge in [-0.2, -0.15) is 0 Å². The number of amides is 2. The quantitative estimate of drug-likeness (QED) is 0.848. The molecule has 0 N–H and O–H groups in total. The molecule has 6 heteroatoms. The molecule has 2 saturated heterocycles. The van der Waals surface area contributed by atoms with Crippen LogP contribution in [-0.4, -0.2) is 52.3 Å². The summed E-state index contributed by atoms with van der Waals surface area (Å²) in [6, 6.07) is 6.10. The second-order valence-corrected chi connectivity index (χ2v) is 7.91. The summed E-state index contributed by atoms with van der Waals surface area (Å²) in [6.45, 7) is 4.44. The monoisotopic (exact) mass is 357 g/mol. The summed E-state index contributed by atoms with van der Waals surface area (Å²) in [5, 5.41) is 0. The molecular weight excluding hydrogens is 334 g/mol. The van der Waals surface area contributed by atoms with Crippen molar-refractivity contribution in [1.29, 1.82) is 0 Å². The second kappa shape index (κ2) is 6.75. The summed E-state index contributed by atoms with van der Waals surface area (Å²) in [5.41, 5.74) is 3.42. The van der Waals surface area contributed by atoms with Crippen LogP contribution in [0, 0.1) is 5.92 Å². The van der Waals surface area contributed by atoms with Crippen LogP contribution in [0.1, 0.15) is 43.0 Å². The lowest BCUT2D eigenvalue weighted by atomic mass is 9.83. The Kier molecular flexibility index (Phi) is 4.46. The standard InChI is InChI=1S/C19H23N3O2S/c1-2-8-22-16-7-9-21(11-14(16)4-6-18(22)23)19(24)13-3-5-17-15(10-13)20-12-25-17/h3,5,10,12,14,16H,2,4,6-9,11H2,1H3. The Morgan fingerprint density at radius 1 is 1.36 bits per heavy atom. The van der Waals surface area contributed by atoms with E-state index in [1.165, 1.54) is 0 Å². The number of hydrogen-bond donors (Lipinski definition) is 0. The summed E-state index contributed by atoms with van der Waals surface area (Å²) >= 11 is 1.59. The topological polar surface area (TPSA) is 53.5 Å². The Morgan fingerprint density at radius 3 is 3.08 bits per heavy atom. The maximum absolute atomic E-state index is 12.9. The third-order valence-corrected chi connectivity index (χ3v) is 6.28. The fourth-order valence-corrected chi connectivity index (χ4v) is 4.90. The maximum Gasteiger partial charge on any atom is 0.253 e. The van der Waals surface area contributed by atoms with Gasteiger partial charge in [0, 0.05) is 37.7 Å². The van der Waals surface area contributed by atoms with E-state index in [0.717, 1.165) is 49.1 Å². The molecule has 2 unspecified atom stereocenters. The SMILES string of the molecule is CCCN1C(=O)CCC2CN(C(=O)c3ccc4scnc4c3)CCC21. The van der Waals surface area contributed by atoms with Gasteiger partial charge in [-0.1, -0.05) is 6.92 Å². The Bertz CT molecular complexity index is 803. The van der Waals surface area contributed by atoms with Gasteiger partial charge in [-0.05, 0) is 43.4 Å². The van der Waals surface area contributed by atoms with Gasteiger partial charge in [0.25, 0.3) is 5.91 Å². The molecule has 25 heavy (non-hydrogen) atoms. The van der Waals surface area contributed by atoms with Gasteiger partial charge in [0.1, 0.15) is 0 Å². The van der Waals surface area contributed by atoms with Crippen molar-refractivity contribution >= 4 is 33.4 Å². The molecule has 0 bridgehead atoms. The number of likely N-dealkylation sites (tertiary alicyclic amines) is 2. The van der Waals surface area contributed by atoms with E-state index in [-0.39, 0.29) is 11.8 Å². The van der Waals surface area contributed by atoms with Crippen molar-refractivity contribution in [1.82, 2.24) is 14.8 Å². The van der Waals surface area contributed by atoms with Crippen LogP contribution in [0.2, 0.25) is 0 Å². The molecule has 5 nitrogen and oxygen atoms in total. The fourth-order valence-electron chi connectivity index (χ4n) is 4.24. The molecule has 0 spiro atoms. The molecular formula is C19H23N3O2S. The molecule has 2 aromatic rings. The molecule has 2 fully saturated rings. The van der Waals surface area contributed by atoms with Gasteiger partial charge in [-0.15, -0.1) is 11.3 Å². The first-order valence-electron chi connectivity index (χ1n) is 9.09. The van der Waals surface area contributed by atoms with Crippen LogP contribution in [0.5, 0.6) is 0 Å². The number of aromatic nitrogens is 1. The largest absolute Gasteiger partial charge is 0.339 e. The van der Waals surface area contributed by atoms with Crippen LogP contribution in [0.15, 0.2) is 23.7 Å². The molecule has 4 rings (SSSR count). The maximum atomic E-state index is 12.9. The molecule has 2 aliphatic rings. The number of carbonyl (C=O) groups excluding carboxylic acids is 2.